The molecule has 2 rings (SSSR count). The number of amides is 1. The summed E-state index contributed by atoms with van der Waals surface area (Å²) in [6.07, 6.45) is -11.6. The van der Waals surface area contributed by atoms with Crippen LogP contribution in [-0.2, 0) is 20.8 Å². The molecule has 2 aromatic rings. The summed E-state index contributed by atoms with van der Waals surface area (Å²) in [5.41, 5.74) is -3.53. The molecule has 0 aromatic heterocycles. The van der Waals surface area contributed by atoms with Crippen molar-refractivity contribution in [3.8, 4) is 0 Å². The maximum atomic E-state index is 13.6. The Morgan fingerprint density at radius 2 is 1.55 bits per heavy atom. The molecule has 0 saturated heterocycles. The van der Waals surface area contributed by atoms with E-state index in [1.807, 2.05) is 0 Å². The largest absolute Gasteiger partial charge is 0.460 e. The Hall–Kier alpha value is -2.80. The molecule has 0 aliphatic rings. The van der Waals surface area contributed by atoms with Gasteiger partial charge in [0, 0.05) is 11.0 Å². The van der Waals surface area contributed by atoms with Gasteiger partial charge in [-0.05, 0) is 42.1 Å². The molecule has 1 N–H and O–H groups in total. The molecule has 0 bridgehead atoms. The lowest BCUT2D eigenvalue weighted by Gasteiger charge is -2.27. The maximum absolute atomic E-state index is 13.6. The minimum absolute atomic E-state index is 0.0283. The fraction of sp³-hybridized carbons (Fsp3) is 0.278. The molecule has 7 nitrogen and oxygen atoms in total. The highest BCUT2D eigenvalue weighted by Crippen LogP contribution is 2.54. The number of alkyl halides is 10. The lowest BCUT2D eigenvalue weighted by atomic mass is 10.2. The summed E-state index contributed by atoms with van der Waals surface area (Å²) in [6.45, 7) is 0. The minimum Gasteiger partial charge on any atom is -0.324 e. The number of thioether (sulfide) groups is 1. The van der Waals surface area contributed by atoms with Crippen molar-refractivity contribution in [1.29, 1.82) is 0 Å². The highest BCUT2D eigenvalue weighted by atomic mass is 35.5. The molecule has 0 unspecified atom stereocenters. The second-order valence-electron chi connectivity index (χ2n) is 7.08. The number of nitro benzene ring substituents is 1. The zero-order chi connectivity index (χ0) is 29.5. The van der Waals surface area contributed by atoms with E-state index in [9.17, 15) is 67.2 Å². The van der Waals surface area contributed by atoms with Crippen LogP contribution in [0.4, 0.5) is 55.3 Å². The van der Waals surface area contributed by atoms with E-state index >= 15 is 0 Å². The van der Waals surface area contributed by atoms with Crippen LogP contribution >= 0.6 is 23.4 Å². The number of carbonyl (C=O) groups excluding carboxylic acids is 1. The molecule has 0 heterocycles. The van der Waals surface area contributed by atoms with Gasteiger partial charge in [-0.15, -0.1) is 0 Å². The standard InChI is InChI=1S/C18H9ClF10N2O5S2/c19-10-3-1-8(15(20,21)22)5-11(10)30-14(32)7-38(35,36)13-4-2-9(6-12(13)31(33)34)37-18(28,29)16(23,24)17(25,26)27/h1-6H,7H2,(H,30,32). The van der Waals surface area contributed by atoms with Crippen LogP contribution in [0.25, 0.3) is 0 Å². The van der Waals surface area contributed by atoms with Gasteiger partial charge < -0.3 is 5.32 Å². The summed E-state index contributed by atoms with van der Waals surface area (Å²) >= 11 is 4.23. The molecule has 2 aromatic carbocycles. The van der Waals surface area contributed by atoms with Gasteiger partial charge in [0.2, 0.25) is 5.91 Å². The van der Waals surface area contributed by atoms with E-state index in [4.69, 9.17) is 11.6 Å². The number of halogens is 11. The Bertz CT molecular complexity index is 1360. The Morgan fingerprint density at radius 1 is 0.974 bits per heavy atom. The number of nitrogens with zero attached hydrogens (tertiary/aromatic N) is 1. The number of hydrogen-bond acceptors (Lipinski definition) is 6. The number of hydrogen-bond donors (Lipinski definition) is 1. The van der Waals surface area contributed by atoms with Crippen LogP contribution in [0.3, 0.4) is 0 Å². The van der Waals surface area contributed by atoms with Gasteiger partial charge in [-0.1, -0.05) is 11.6 Å². The van der Waals surface area contributed by atoms with E-state index in [-0.39, 0.29) is 18.2 Å². The first-order valence-electron chi connectivity index (χ1n) is 9.19. The molecule has 20 heteroatoms. The van der Waals surface area contributed by atoms with Crippen molar-refractivity contribution in [2.75, 3.05) is 11.1 Å². The molecular formula is C18H9ClF10N2O5S2. The van der Waals surface area contributed by atoms with Crippen molar-refractivity contribution < 1.29 is 62.0 Å². The zero-order valence-corrected chi connectivity index (χ0v) is 20.0. The molecule has 0 atom stereocenters. The van der Waals surface area contributed by atoms with Crippen LogP contribution in [0.15, 0.2) is 46.2 Å². The van der Waals surface area contributed by atoms with Crippen LogP contribution in [0, 0.1) is 10.1 Å². The van der Waals surface area contributed by atoms with Gasteiger partial charge in [-0.3, -0.25) is 14.9 Å². The van der Waals surface area contributed by atoms with Gasteiger partial charge in [0.1, 0.15) is 10.6 Å². The Balaban J connectivity index is 2.37. The van der Waals surface area contributed by atoms with Gasteiger partial charge in [0.25, 0.3) is 5.69 Å². The third-order valence-corrected chi connectivity index (χ3v) is 7.31. The van der Waals surface area contributed by atoms with Gasteiger partial charge in [-0.25, -0.2) is 8.42 Å². The molecule has 210 valence electrons. The van der Waals surface area contributed by atoms with Gasteiger partial charge in [0.05, 0.1) is 21.2 Å². The molecule has 38 heavy (non-hydrogen) atoms. The third kappa shape index (κ3) is 6.79. The van der Waals surface area contributed by atoms with Crippen LogP contribution in [0.2, 0.25) is 5.02 Å². The summed E-state index contributed by atoms with van der Waals surface area (Å²) in [5.74, 6) is -9.78. The molecule has 1 amide bonds. The highest BCUT2D eigenvalue weighted by Gasteiger charge is 2.73. The van der Waals surface area contributed by atoms with Gasteiger partial charge in [0.15, 0.2) is 9.84 Å². The summed E-state index contributed by atoms with van der Waals surface area (Å²) in [6, 6.07) is 2.08. The monoisotopic (exact) mass is 622 g/mol. The molecule has 0 radical (unpaired) electrons. The Morgan fingerprint density at radius 3 is 2.05 bits per heavy atom. The van der Waals surface area contributed by atoms with Crippen molar-refractivity contribution in [1.82, 2.24) is 0 Å². The predicted molar refractivity (Wildman–Crippen MR) is 112 cm³/mol. The second kappa shape index (κ2) is 10.4. The van der Waals surface area contributed by atoms with E-state index in [1.165, 1.54) is 0 Å². The average Bonchev–Trinajstić information content (AvgIpc) is 2.72. The van der Waals surface area contributed by atoms with Crippen LogP contribution in [0.1, 0.15) is 5.56 Å². The van der Waals surface area contributed by atoms with Crippen molar-refractivity contribution in [2.45, 2.75) is 33.3 Å². The normalized spacial score (nSPS) is 13.3. The molecule has 0 spiro atoms. The zero-order valence-electron chi connectivity index (χ0n) is 17.6. The quantitative estimate of drug-likeness (QED) is 0.155. The predicted octanol–water partition coefficient (Wildman–Crippen LogP) is 6.56. The molecular weight excluding hydrogens is 614 g/mol. The van der Waals surface area contributed by atoms with Crippen LogP contribution in [-0.4, -0.2) is 42.4 Å². The van der Waals surface area contributed by atoms with Crippen molar-refractivity contribution in [3.63, 3.8) is 0 Å². The number of carbonyl (C=O) groups is 1. The Kier molecular flexibility index (Phi) is 8.60. The fourth-order valence-corrected chi connectivity index (χ4v) is 4.89. The number of nitro groups is 1. The first-order chi connectivity index (χ1) is 17.0. The van der Waals surface area contributed by atoms with Gasteiger partial charge in [-0.2, -0.15) is 43.9 Å². The number of rotatable bonds is 8. The maximum Gasteiger partial charge on any atom is 0.460 e. The van der Waals surface area contributed by atoms with E-state index in [1.54, 1.807) is 5.32 Å². The summed E-state index contributed by atoms with van der Waals surface area (Å²) in [5, 5.41) is 6.72. The minimum atomic E-state index is -6.70. The first-order valence-corrected chi connectivity index (χ1v) is 12.0. The van der Waals surface area contributed by atoms with E-state index < -0.39 is 93.5 Å². The SMILES string of the molecule is O=C(CS(=O)(=O)c1ccc(SC(F)(F)C(F)(F)C(F)(F)F)cc1[N+](=O)[O-])Nc1cc(C(F)(F)F)ccc1Cl. The number of sulfone groups is 1. The van der Waals surface area contributed by atoms with Crippen LogP contribution in [0.5, 0.6) is 0 Å². The average molecular weight is 623 g/mol. The summed E-state index contributed by atoms with van der Waals surface area (Å²) < 4.78 is 154. The smallest absolute Gasteiger partial charge is 0.324 e. The van der Waals surface area contributed by atoms with Crippen molar-refractivity contribution in [2.24, 2.45) is 0 Å². The van der Waals surface area contributed by atoms with E-state index in [0.29, 0.717) is 12.1 Å². The Labute approximate surface area is 214 Å². The number of benzene rings is 2. The van der Waals surface area contributed by atoms with Gasteiger partial charge >= 0.3 is 23.5 Å². The number of nitrogens with one attached hydrogen (secondary N) is 1. The highest BCUT2D eigenvalue weighted by molar-refractivity contribution is 8.00. The third-order valence-electron chi connectivity index (χ3n) is 4.32. The molecule has 0 saturated carbocycles. The van der Waals surface area contributed by atoms with E-state index in [2.05, 4.69) is 0 Å². The fourth-order valence-electron chi connectivity index (χ4n) is 2.58. The molecule has 0 fully saturated rings. The van der Waals surface area contributed by atoms with Crippen molar-refractivity contribution >= 4 is 50.5 Å². The number of anilines is 1. The molecule has 0 aliphatic carbocycles. The topological polar surface area (TPSA) is 106 Å². The van der Waals surface area contributed by atoms with Crippen LogP contribution < -0.4 is 5.32 Å². The lowest BCUT2D eigenvalue weighted by molar-refractivity contribution is -0.388. The van der Waals surface area contributed by atoms with Crippen molar-refractivity contribution in [3.05, 3.63) is 57.1 Å². The molecule has 0 aliphatic heterocycles. The lowest BCUT2D eigenvalue weighted by Crippen LogP contribution is -2.49. The summed E-state index contributed by atoms with van der Waals surface area (Å²) in [7, 11) is -5.06. The first kappa shape index (κ1) is 31.4. The van der Waals surface area contributed by atoms with E-state index in [0.717, 1.165) is 6.07 Å². The second-order valence-corrected chi connectivity index (χ2v) is 10.6. The summed E-state index contributed by atoms with van der Waals surface area (Å²) in [4.78, 5) is 19.4.